The zero-order valence-electron chi connectivity index (χ0n) is 31.3. The molecule has 4 saturated carbocycles. The largest absolute Gasteiger partial charge is 0.208 e. The molecule has 0 atom stereocenters. The van der Waals surface area contributed by atoms with Crippen LogP contribution in [0.15, 0.2) is 164 Å². The summed E-state index contributed by atoms with van der Waals surface area (Å²) in [5.41, 5.74) is 14.1. The lowest BCUT2D eigenvalue weighted by atomic mass is 9.43. The molecule has 4 fully saturated rings. The van der Waals surface area contributed by atoms with E-state index in [-0.39, 0.29) is 5.41 Å². The highest BCUT2D eigenvalue weighted by molar-refractivity contribution is 6.05. The quantitative estimate of drug-likeness (QED) is 0.178. The molecule has 3 nitrogen and oxygen atoms in total. The van der Waals surface area contributed by atoms with Gasteiger partial charge in [-0.3, -0.25) is 0 Å². The van der Waals surface area contributed by atoms with Gasteiger partial charge in [0.2, 0.25) is 0 Å². The number of hydrogen-bond acceptors (Lipinski definition) is 3. The number of benzene rings is 7. The van der Waals surface area contributed by atoms with Crippen LogP contribution in [0.1, 0.15) is 43.2 Å². The average Bonchev–Trinajstić information content (AvgIpc) is 3.55. The maximum Gasteiger partial charge on any atom is 0.164 e. The summed E-state index contributed by atoms with van der Waals surface area (Å²) in [6, 6.07) is 59.5. The Kier molecular flexibility index (Phi) is 7.11. The molecule has 0 radical (unpaired) electrons. The van der Waals surface area contributed by atoms with Gasteiger partial charge in [-0.2, -0.15) is 0 Å². The fourth-order valence-electron chi connectivity index (χ4n) is 11.9. The minimum Gasteiger partial charge on any atom is -0.208 e. The molecule has 56 heavy (non-hydrogen) atoms. The highest BCUT2D eigenvalue weighted by atomic mass is 15.0. The van der Waals surface area contributed by atoms with Crippen molar-refractivity contribution in [3.8, 4) is 67.5 Å². The van der Waals surface area contributed by atoms with Crippen molar-refractivity contribution in [2.45, 2.75) is 37.5 Å². The van der Waals surface area contributed by atoms with E-state index >= 15 is 0 Å². The van der Waals surface area contributed by atoms with Crippen molar-refractivity contribution in [2.75, 3.05) is 0 Å². The Bertz CT molecular complexity index is 2780. The van der Waals surface area contributed by atoms with Gasteiger partial charge < -0.3 is 0 Å². The molecule has 0 aliphatic heterocycles. The normalized spacial score (nSPS) is 22.7. The first-order valence-electron chi connectivity index (χ1n) is 20.4. The van der Waals surface area contributed by atoms with Crippen LogP contribution in [0.4, 0.5) is 0 Å². The van der Waals surface area contributed by atoms with Crippen LogP contribution in [-0.4, -0.2) is 15.0 Å². The van der Waals surface area contributed by atoms with Crippen LogP contribution in [0.5, 0.6) is 0 Å². The molecule has 0 N–H and O–H groups in total. The van der Waals surface area contributed by atoms with Gasteiger partial charge in [0.1, 0.15) is 0 Å². The fraction of sp³-hybridized carbons (Fsp3) is 0.189. The van der Waals surface area contributed by atoms with E-state index in [9.17, 15) is 0 Å². The van der Waals surface area contributed by atoms with E-state index in [0.717, 1.165) is 51.3 Å². The Hall–Kier alpha value is -6.19. The summed E-state index contributed by atoms with van der Waals surface area (Å²) in [5.74, 6) is 5.41. The summed E-state index contributed by atoms with van der Waals surface area (Å²) in [7, 11) is 0. The second-order valence-corrected chi connectivity index (χ2v) is 16.8. The van der Waals surface area contributed by atoms with Gasteiger partial charge in [0.05, 0.1) is 0 Å². The molecule has 3 heteroatoms. The Morgan fingerprint density at radius 2 is 0.821 bits per heavy atom. The third-order valence-corrected chi connectivity index (χ3v) is 13.9. The molecular formula is C53H41N3. The molecule has 5 aliphatic rings. The monoisotopic (exact) mass is 719 g/mol. The lowest BCUT2D eigenvalue weighted by Crippen LogP contribution is -2.55. The Morgan fingerprint density at radius 1 is 0.339 bits per heavy atom. The van der Waals surface area contributed by atoms with Gasteiger partial charge in [0.25, 0.3) is 0 Å². The van der Waals surface area contributed by atoms with Crippen molar-refractivity contribution in [1.29, 1.82) is 0 Å². The molecule has 8 aromatic rings. The van der Waals surface area contributed by atoms with Crippen LogP contribution in [0.3, 0.4) is 0 Å². The minimum atomic E-state index is 0.179. The minimum absolute atomic E-state index is 0.179. The van der Waals surface area contributed by atoms with E-state index < -0.39 is 0 Å². The average molecular weight is 720 g/mol. The van der Waals surface area contributed by atoms with Gasteiger partial charge in [-0.05, 0) is 123 Å². The number of fused-ring (bicyclic) bond motifs is 4. The summed E-state index contributed by atoms with van der Waals surface area (Å²) >= 11 is 0. The van der Waals surface area contributed by atoms with E-state index in [1.165, 1.54) is 65.3 Å². The molecule has 4 bridgehead atoms. The second kappa shape index (κ2) is 12.4. The SMILES string of the molecule is c1ccc(-c2ccc(-c3nc(-c4ccccc4)nc(-c4ccc(-c5ccc6c(c5)-c5ccccc5C65C6CC7CC(C6)CC5C7)c5ccccc45)n3)cc2)cc1. The molecule has 0 unspecified atom stereocenters. The van der Waals surface area contributed by atoms with Gasteiger partial charge in [0.15, 0.2) is 17.5 Å². The van der Waals surface area contributed by atoms with Crippen LogP contribution < -0.4 is 0 Å². The van der Waals surface area contributed by atoms with Gasteiger partial charge in [-0.1, -0.05) is 152 Å². The first-order chi connectivity index (χ1) is 27.7. The van der Waals surface area contributed by atoms with Gasteiger partial charge >= 0.3 is 0 Å². The third kappa shape index (κ3) is 4.79. The molecule has 0 saturated heterocycles. The molecule has 1 spiro atoms. The van der Waals surface area contributed by atoms with E-state index in [0.29, 0.717) is 17.5 Å². The number of aromatic nitrogens is 3. The zero-order chi connectivity index (χ0) is 36.8. The van der Waals surface area contributed by atoms with Crippen molar-refractivity contribution < 1.29 is 0 Å². The smallest absolute Gasteiger partial charge is 0.164 e. The topological polar surface area (TPSA) is 38.7 Å². The predicted molar refractivity (Wildman–Crippen MR) is 228 cm³/mol. The van der Waals surface area contributed by atoms with Crippen molar-refractivity contribution in [2.24, 2.45) is 23.7 Å². The van der Waals surface area contributed by atoms with Crippen LogP contribution >= 0.6 is 0 Å². The molecule has 1 aromatic heterocycles. The molecule has 7 aromatic carbocycles. The molecule has 0 amide bonds. The van der Waals surface area contributed by atoms with Crippen LogP contribution in [0.2, 0.25) is 0 Å². The van der Waals surface area contributed by atoms with E-state index in [4.69, 9.17) is 15.0 Å². The Balaban J connectivity index is 0.984. The molecule has 1 heterocycles. The maximum atomic E-state index is 5.19. The van der Waals surface area contributed by atoms with Crippen LogP contribution in [-0.2, 0) is 5.41 Å². The molecule has 13 rings (SSSR count). The van der Waals surface area contributed by atoms with Gasteiger partial charge in [-0.25, -0.2) is 15.0 Å². The van der Waals surface area contributed by atoms with E-state index in [1.54, 1.807) is 11.1 Å². The summed E-state index contributed by atoms with van der Waals surface area (Å²) < 4.78 is 0. The highest BCUT2D eigenvalue weighted by Gasteiger charge is 2.61. The Morgan fingerprint density at radius 3 is 1.52 bits per heavy atom. The lowest BCUT2D eigenvalue weighted by Gasteiger charge is -2.61. The number of hydrogen-bond donors (Lipinski definition) is 0. The summed E-state index contributed by atoms with van der Waals surface area (Å²) in [6.45, 7) is 0. The maximum absolute atomic E-state index is 5.19. The summed E-state index contributed by atoms with van der Waals surface area (Å²) in [5, 5.41) is 2.34. The third-order valence-electron chi connectivity index (χ3n) is 13.9. The fourth-order valence-corrected chi connectivity index (χ4v) is 11.9. The molecule has 5 aliphatic carbocycles. The highest BCUT2D eigenvalue weighted by Crippen LogP contribution is 2.69. The first-order valence-corrected chi connectivity index (χ1v) is 20.4. The van der Waals surface area contributed by atoms with Gasteiger partial charge in [-0.15, -0.1) is 0 Å². The lowest BCUT2D eigenvalue weighted by molar-refractivity contribution is -0.0399. The molecular weight excluding hydrogens is 679 g/mol. The summed E-state index contributed by atoms with van der Waals surface area (Å²) in [6.07, 6.45) is 7.08. The Labute approximate surface area is 328 Å². The van der Waals surface area contributed by atoms with E-state index in [1.807, 2.05) is 24.3 Å². The zero-order valence-corrected chi connectivity index (χ0v) is 31.3. The molecule has 268 valence electrons. The van der Waals surface area contributed by atoms with Crippen LogP contribution in [0, 0.1) is 23.7 Å². The predicted octanol–water partition coefficient (Wildman–Crippen LogP) is 13.1. The van der Waals surface area contributed by atoms with Gasteiger partial charge in [0, 0.05) is 22.1 Å². The second-order valence-electron chi connectivity index (χ2n) is 16.8. The van der Waals surface area contributed by atoms with Crippen molar-refractivity contribution >= 4 is 10.8 Å². The number of nitrogens with zero attached hydrogens (tertiary/aromatic N) is 3. The van der Waals surface area contributed by atoms with Crippen molar-refractivity contribution in [3.05, 3.63) is 175 Å². The van der Waals surface area contributed by atoms with Crippen molar-refractivity contribution in [1.82, 2.24) is 15.0 Å². The number of rotatable bonds is 5. The van der Waals surface area contributed by atoms with E-state index in [2.05, 4.69) is 140 Å². The van der Waals surface area contributed by atoms with Crippen molar-refractivity contribution in [3.63, 3.8) is 0 Å². The standard InChI is InChI=1S/C53H41N3/c1-3-11-35(12-4-1)36-19-21-38(22-20-36)51-54-50(37-13-5-2-6-14-37)55-52(56-51)46-25-24-42(43-15-7-8-16-44(43)46)39-23-26-49-47(32-39)45-17-9-10-18-48(45)53(49)40-28-33-27-34(30-40)31-41(53)29-33/h1-26,32-34,40-41H,27-31H2. The summed E-state index contributed by atoms with van der Waals surface area (Å²) in [4.78, 5) is 15.4. The first kappa shape index (κ1) is 32.1. The van der Waals surface area contributed by atoms with Crippen LogP contribution in [0.25, 0.3) is 78.3 Å².